The summed E-state index contributed by atoms with van der Waals surface area (Å²) in [4.78, 5) is 97.4. The molecule has 4 aliphatic rings. The molecule has 18 unspecified atom stereocenters. The summed E-state index contributed by atoms with van der Waals surface area (Å²) in [6.45, 7) is 18.0. The molecule has 4 rings (SSSR count). The minimum atomic E-state index is -1.44. The molecule has 716 valence electrons. The minimum Gasteiger partial charge on any atom is -0.388 e. The maximum Gasteiger partial charge on any atom is 0.222 e. The van der Waals surface area contributed by atoms with Crippen LogP contribution in [0.5, 0.6) is 0 Å². The summed E-state index contributed by atoms with van der Waals surface area (Å²) in [6, 6.07) is -2.23. The molecule has 4 saturated heterocycles. The van der Waals surface area contributed by atoms with E-state index in [0.717, 1.165) is 103 Å². The average Bonchev–Trinajstić information content (AvgIpc) is 0.800. The van der Waals surface area contributed by atoms with Gasteiger partial charge >= 0.3 is 0 Å². The van der Waals surface area contributed by atoms with Gasteiger partial charge in [-0.25, -0.2) is 0 Å². The lowest BCUT2D eigenvalue weighted by Gasteiger charge is -2.44. The molecule has 0 aliphatic carbocycles. The zero-order chi connectivity index (χ0) is 89.8. The number of carbonyl (C=O) groups excluding carboxylic acids is 8. The number of Topliss-reactive ketones (excluding diaryl/α,β-unsaturated/α-hetero) is 2. The van der Waals surface area contributed by atoms with Gasteiger partial charge in [0.05, 0.1) is 118 Å². The molecule has 0 saturated carbocycles. The highest BCUT2D eigenvalue weighted by atomic mass is 16.7. The second-order valence-electron chi connectivity index (χ2n) is 32.8. The zero-order valence-corrected chi connectivity index (χ0v) is 74.0. The summed E-state index contributed by atoms with van der Waals surface area (Å²) in [5.41, 5.74) is -0.294. The summed E-state index contributed by atoms with van der Waals surface area (Å²) in [5, 5.41) is 101. The van der Waals surface area contributed by atoms with Crippen LogP contribution < -0.4 is 31.9 Å². The van der Waals surface area contributed by atoms with Gasteiger partial charge in [-0.15, -0.1) is 0 Å². The van der Waals surface area contributed by atoms with Gasteiger partial charge < -0.3 is 149 Å². The molecular formula is C85H154N6O32. The van der Waals surface area contributed by atoms with Gasteiger partial charge in [0.2, 0.25) is 35.4 Å². The van der Waals surface area contributed by atoms with Crippen LogP contribution in [0.3, 0.4) is 0 Å². The van der Waals surface area contributed by atoms with E-state index < -0.39 is 122 Å². The number of aliphatic hydroxyl groups is 8. The van der Waals surface area contributed by atoms with E-state index in [0.29, 0.717) is 170 Å². The highest BCUT2D eigenvalue weighted by Crippen LogP contribution is 2.30. The summed E-state index contributed by atoms with van der Waals surface area (Å²) >= 11 is 0. The topological polar surface area (TPSA) is 518 Å². The lowest BCUT2D eigenvalue weighted by Crippen LogP contribution is -2.65. The van der Waals surface area contributed by atoms with Crippen molar-refractivity contribution in [3.05, 3.63) is 0 Å². The third kappa shape index (κ3) is 50.7. The Labute approximate surface area is 726 Å². The van der Waals surface area contributed by atoms with Crippen molar-refractivity contribution in [3.63, 3.8) is 0 Å². The monoisotopic (exact) mass is 1770 g/mol. The molecule has 14 N–H and O–H groups in total. The fraction of sp³-hybridized carbons (Fsp3) is 0.906. The van der Waals surface area contributed by atoms with Crippen molar-refractivity contribution >= 4 is 47.0 Å². The van der Waals surface area contributed by atoms with Gasteiger partial charge in [0.15, 0.2) is 25.2 Å². The number of rotatable bonds is 74. The maximum absolute atomic E-state index is 12.4. The maximum atomic E-state index is 12.4. The van der Waals surface area contributed by atoms with E-state index in [1.165, 1.54) is 27.7 Å². The van der Waals surface area contributed by atoms with E-state index in [1.807, 2.05) is 13.8 Å². The standard InChI is InChI=1S/C85H154N6O32/c1-59-73(100)77(104)71(90-61(3)92)81(120-59)122-65-55-118-83(79(106)75(65)102)116-41-23-15-13-21-37-86-67(96)31-43-110-49-53-112-51-47-108-39-25-29-63(94)27-17-9-7-11-19-35-88-69(98)33-45-114-57-85(5,6)58-115-46-34-70(99)89-36-20-12-8-10-18-28-64(95)30-26-40-109-48-52-113-54-50-111-44-32-68(97)87-38-22-14-16-24-42-117-84-80(107)76(103)66(56-119-84)123-82-72(91-62(4)93)78(105)74(101)60(2)121-82/h59-60,65-66,71-84,100-107H,7-58H2,1-6H3,(H,86,96)(H,87,97)(H,88,98)(H,89,99)(H,90,92)(H,91,93). The largest absolute Gasteiger partial charge is 0.388 e. The van der Waals surface area contributed by atoms with Crippen molar-refractivity contribution in [1.29, 1.82) is 0 Å². The fourth-order valence-electron chi connectivity index (χ4n) is 13.7. The third-order valence-electron chi connectivity index (χ3n) is 21.0. The first-order valence-corrected chi connectivity index (χ1v) is 45.0. The number of nitrogens with one attached hydrogen (secondary N) is 6. The Balaban J connectivity index is 0.784. The number of hydrogen-bond acceptors (Lipinski definition) is 32. The van der Waals surface area contributed by atoms with E-state index in [1.54, 1.807) is 0 Å². The van der Waals surface area contributed by atoms with E-state index in [-0.39, 0.29) is 106 Å². The first-order valence-electron chi connectivity index (χ1n) is 45.0. The molecule has 0 aromatic heterocycles. The molecule has 0 spiro atoms. The predicted octanol–water partition coefficient (Wildman–Crippen LogP) is 1.57. The lowest BCUT2D eigenvalue weighted by molar-refractivity contribution is -0.323. The Bertz CT molecular complexity index is 2650. The molecule has 38 nitrogen and oxygen atoms in total. The molecule has 6 amide bonds. The van der Waals surface area contributed by atoms with Crippen molar-refractivity contribution in [1.82, 2.24) is 31.9 Å². The van der Waals surface area contributed by atoms with Gasteiger partial charge in [0.1, 0.15) is 84.7 Å². The van der Waals surface area contributed by atoms with Crippen LogP contribution in [0.15, 0.2) is 0 Å². The number of amides is 6. The Morgan fingerprint density at radius 2 is 0.593 bits per heavy atom. The highest BCUT2D eigenvalue weighted by Gasteiger charge is 2.50. The molecule has 0 aromatic rings. The third-order valence-corrected chi connectivity index (χ3v) is 21.0. The molecule has 123 heavy (non-hydrogen) atoms. The van der Waals surface area contributed by atoms with E-state index in [4.69, 9.17) is 75.8 Å². The van der Waals surface area contributed by atoms with Gasteiger partial charge in [0, 0.05) is 123 Å². The normalized spacial score (nSPS) is 25.4. The number of ketones is 2. The highest BCUT2D eigenvalue weighted by molar-refractivity contribution is 5.79. The Morgan fingerprint density at radius 3 is 0.927 bits per heavy atom. The number of hydrogen-bond donors (Lipinski definition) is 14. The first-order chi connectivity index (χ1) is 59.2. The van der Waals surface area contributed by atoms with E-state index >= 15 is 0 Å². The van der Waals surface area contributed by atoms with Crippen LogP contribution in [0.2, 0.25) is 0 Å². The molecule has 0 aromatic carbocycles. The van der Waals surface area contributed by atoms with Crippen molar-refractivity contribution in [2.24, 2.45) is 5.41 Å². The van der Waals surface area contributed by atoms with Crippen molar-refractivity contribution in [3.8, 4) is 0 Å². The van der Waals surface area contributed by atoms with Gasteiger partial charge in [-0.2, -0.15) is 0 Å². The Morgan fingerprint density at radius 1 is 0.309 bits per heavy atom. The first kappa shape index (κ1) is 111. The zero-order valence-electron chi connectivity index (χ0n) is 74.0. The summed E-state index contributed by atoms with van der Waals surface area (Å²) in [7, 11) is 0. The summed E-state index contributed by atoms with van der Waals surface area (Å²) < 4.78 is 90.5. The van der Waals surface area contributed by atoms with Crippen LogP contribution >= 0.6 is 0 Å². The molecule has 4 heterocycles. The van der Waals surface area contributed by atoms with Crippen LogP contribution in [-0.4, -0.2) is 357 Å². The van der Waals surface area contributed by atoms with Crippen molar-refractivity contribution in [2.45, 2.75) is 332 Å². The summed E-state index contributed by atoms with van der Waals surface area (Å²) in [5.74, 6) is -0.840. The smallest absolute Gasteiger partial charge is 0.222 e. The van der Waals surface area contributed by atoms with Crippen molar-refractivity contribution < 1.29 is 155 Å². The number of ether oxygens (including phenoxy) is 16. The molecule has 4 aliphatic heterocycles. The predicted molar refractivity (Wildman–Crippen MR) is 445 cm³/mol. The van der Waals surface area contributed by atoms with Gasteiger partial charge in [-0.3, -0.25) is 38.4 Å². The van der Waals surface area contributed by atoms with E-state index in [2.05, 4.69) is 31.9 Å². The molecule has 38 heteroatoms. The second kappa shape index (κ2) is 67.4. The fourth-order valence-corrected chi connectivity index (χ4v) is 13.7. The average molecular weight is 1770 g/mol. The van der Waals surface area contributed by atoms with Crippen LogP contribution in [0.4, 0.5) is 0 Å². The van der Waals surface area contributed by atoms with Crippen LogP contribution in [0.25, 0.3) is 0 Å². The van der Waals surface area contributed by atoms with Gasteiger partial charge in [-0.05, 0) is 78.1 Å². The molecular weight excluding hydrogens is 1620 g/mol. The van der Waals surface area contributed by atoms with Crippen molar-refractivity contribution in [2.75, 3.05) is 158 Å². The molecule has 0 bridgehead atoms. The van der Waals surface area contributed by atoms with Gasteiger partial charge in [-0.1, -0.05) is 78.1 Å². The number of carbonyl (C=O) groups is 8. The van der Waals surface area contributed by atoms with Crippen LogP contribution in [0.1, 0.15) is 221 Å². The SMILES string of the molecule is CC(=O)NC1C(OC2COC(OCCCCCCNC(=O)CCOCCOCCOCCCC(=O)CCCCCCCNC(=O)CCOCC(C)(C)COCCC(=O)NCCCCCCCC(=O)CCCOCCOCCOCCC(=O)NCCCCCCOC3OCC(OC4OC(C)C(O)C(O)C4NC(C)=O)C(O)C3O)C(O)C2O)OC(C)C(O)C1O. The lowest BCUT2D eigenvalue weighted by atomic mass is 9.96. The van der Waals surface area contributed by atoms with Crippen LogP contribution in [0, 0.1) is 5.41 Å². The van der Waals surface area contributed by atoms with Crippen LogP contribution in [-0.2, 0) is 114 Å². The number of aliphatic hydroxyl groups excluding tert-OH is 8. The Kier molecular flexibility index (Phi) is 60.6. The molecule has 18 atom stereocenters. The van der Waals surface area contributed by atoms with Gasteiger partial charge in [0.25, 0.3) is 0 Å². The minimum absolute atomic E-state index is 0.0585. The molecule has 4 fully saturated rings. The molecule has 0 radical (unpaired) electrons. The Hall–Kier alpha value is -4.80. The summed E-state index contributed by atoms with van der Waals surface area (Å²) in [6.07, 6.45) is 0.258. The second-order valence-corrected chi connectivity index (χ2v) is 32.8. The quantitative estimate of drug-likeness (QED) is 0.0384. The number of unbranched alkanes of at least 4 members (excludes halogenated alkanes) is 14. The van der Waals surface area contributed by atoms with E-state index in [9.17, 15) is 79.2 Å².